The Morgan fingerprint density at radius 2 is 2.11 bits per heavy atom. The number of hydrogen-bond acceptors (Lipinski definition) is 2. The molecule has 1 heterocycles. The van der Waals surface area contributed by atoms with Crippen molar-refractivity contribution in [3.05, 3.63) is 29.8 Å². The second kappa shape index (κ2) is 5.21. The van der Waals surface area contributed by atoms with Crippen LogP contribution >= 0.6 is 0 Å². The summed E-state index contributed by atoms with van der Waals surface area (Å²) < 4.78 is 0. The van der Waals surface area contributed by atoms with E-state index in [-0.39, 0.29) is 24.2 Å². The van der Waals surface area contributed by atoms with Gasteiger partial charge in [-0.05, 0) is 17.5 Å². The van der Waals surface area contributed by atoms with Crippen molar-refractivity contribution >= 4 is 17.5 Å². The standard InChI is InChI=1S/C14H18N2O2/c1-9(2)11-5-3-4-6-12(11)16-14(18)10-7-13(17)15-8-10/h3-6,9-10H,7-8H2,1-2H3,(H,15,17)(H,16,18). The first kappa shape index (κ1) is 12.6. The molecular formula is C14H18N2O2. The van der Waals surface area contributed by atoms with Crippen LogP contribution in [0.5, 0.6) is 0 Å². The molecule has 0 radical (unpaired) electrons. The van der Waals surface area contributed by atoms with Crippen molar-refractivity contribution in [3.8, 4) is 0 Å². The fraction of sp³-hybridized carbons (Fsp3) is 0.429. The van der Waals surface area contributed by atoms with E-state index < -0.39 is 0 Å². The summed E-state index contributed by atoms with van der Waals surface area (Å²) in [5.41, 5.74) is 1.96. The number of benzene rings is 1. The van der Waals surface area contributed by atoms with Gasteiger partial charge < -0.3 is 10.6 Å². The van der Waals surface area contributed by atoms with Gasteiger partial charge in [0.25, 0.3) is 0 Å². The number of nitrogens with one attached hydrogen (secondary N) is 2. The van der Waals surface area contributed by atoms with Crippen LogP contribution in [-0.2, 0) is 9.59 Å². The second-order valence-corrected chi connectivity index (χ2v) is 4.94. The van der Waals surface area contributed by atoms with Crippen LogP contribution in [-0.4, -0.2) is 18.4 Å². The molecule has 0 saturated carbocycles. The number of para-hydroxylation sites is 1. The average molecular weight is 246 g/mol. The number of amides is 2. The summed E-state index contributed by atoms with van der Waals surface area (Å²) in [6, 6.07) is 7.78. The molecule has 0 aliphatic carbocycles. The van der Waals surface area contributed by atoms with Gasteiger partial charge in [0, 0.05) is 18.7 Å². The molecule has 1 aromatic rings. The topological polar surface area (TPSA) is 58.2 Å². The first-order chi connectivity index (χ1) is 8.58. The van der Waals surface area contributed by atoms with Gasteiger partial charge in [-0.3, -0.25) is 9.59 Å². The maximum atomic E-state index is 12.0. The first-order valence-electron chi connectivity index (χ1n) is 6.24. The van der Waals surface area contributed by atoms with E-state index in [0.717, 1.165) is 11.3 Å². The van der Waals surface area contributed by atoms with Crippen LogP contribution in [0, 0.1) is 5.92 Å². The Morgan fingerprint density at radius 3 is 2.72 bits per heavy atom. The van der Waals surface area contributed by atoms with Crippen molar-refractivity contribution in [2.75, 3.05) is 11.9 Å². The maximum absolute atomic E-state index is 12.0. The summed E-state index contributed by atoms with van der Waals surface area (Å²) in [6.07, 6.45) is 0.287. The number of carbonyl (C=O) groups is 2. The van der Waals surface area contributed by atoms with E-state index in [4.69, 9.17) is 0 Å². The van der Waals surface area contributed by atoms with E-state index in [1.165, 1.54) is 0 Å². The molecular weight excluding hydrogens is 228 g/mol. The highest BCUT2D eigenvalue weighted by molar-refractivity contribution is 5.97. The highest BCUT2D eigenvalue weighted by Crippen LogP contribution is 2.24. The Morgan fingerprint density at radius 1 is 1.39 bits per heavy atom. The van der Waals surface area contributed by atoms with Crippen LogP contribution in [0.2, 0.25) is 0 Å². The fourth-order valence-corrected chi connectivity index (χ4v) is 2.14. The van der Waals surface area contributed by atoms with Crippen LogP contribution < -0.4 is 10.6 Å². The zero-order valence-electron chi connectivity index (χ0n) is 10.7. The molecule has 2 rings (SSSR count). The predicted octanol–water partition coefficient (Wildman–Crippen LogP) is 1.88. The average Bonchev–Trinajstić information content (AvgIpc) is 2.76. The normalized spacial score (nSPS) is 18.8. The van der Waals surface area contributed by atoms with Crippen LogP contribution in [0.4, 0.5) is 5.69 Å². The molecule has 1 unspecified atom stereocenters. The van der Waals surface area contributed by atoms with E-state index in [0.29, 0.717) is 12.5 Å². The van der Waals surface area contributed by atoms with Gasteiger partial charge >= 0.3 is 0 Å². The lowest BCUT2D eigenvalue weighted by Gasteiger charge is -2.15. The third kappa shape index (κ3) is 2.70. The summed E-state index contributed by atoms with van der Waals surface area (Å²) in [4.78, 5) is 23.1. The van der Waals surface area contributed by atoms with Gasteiger partial charge in [0.1, 0.15) is 0 Å². The molecule has 1 atom stereocenters. The fourth-order valence-electron chi connectivity index (χ4n) is 2.14. The van der Waals surface area contributed by atoms with Gasteiger partial charge in [0.05, 0.1) is 5.92 Å². The van der Waals surface area contributed by atoms with E-state index in [9.17, 15) is 9.59 Å². The molecule has 96 valence electrons. The van der Waals surface area contributed by atoms with Crippen LogP contribution in [0.1, 0.15) is 31.7 Å². The Hall–Kier alpha value is -1.84. The van der Waals surface area contributed by atoms with Crippen LogP contribution in [0.25, 0.3) is 0 Å². The van der Waals surface area contributed by atoms with E-state index in [2.05, 4.69) is 24.5 Å². The molecule has 2 amide bonds. The molecule has 2 N–H and O–H groups in total. The lowest BCUT2D eigenvalue weighted by molar-refractivity contribution is -0.123. The molecule has 0 bridgehead atoms. The summed E-state index contributed by atoms with van der Waals surface area (Å²) in [7, 11) is 0. The number of carbonyl (C=O) groups excluding carboxylic acids is 2. The lowest BCUT2D eigenvalue weighted by atomic mass is 10.0. The van der Waals surface area contributed by atoms with Gasteiger partial charge in [-0.15, -0.1) is 0 Å². The number of rotatable bonds is 3. The Bertz CT molecular complexity index is 469. The first-order valence-corrected chi connectivity index (χ1v) is 6.24. The zero-order chi connectivity index (χ0) is 13.1. The molecule has 1 fully saturated rings. The molecule has 4 nitrogen and oxygen atoms in total. The van der Waals surface area contributed by atoms with Crippen LogP contribution in [0.3, 0.4) is 0 Å². The Labute approximate surface area is 107 Å². The van der Waals surface area contributed by atoms with E-state index >= 15 is 0 Å². The minimum Gasteiger partial charge on any atom is -0.355 e. The van der Waals surface area contributed by atoms with Crippen molar-refractivity contribution in [2.45, 2.75) is 26.2 Å². The zero-order valence-corrected chi connectivity index (χ0v) is 10.7. The quantitative estimate of drug-likeness (QED) is 0.855. The number of anilines is 1. The summed E-state index contributed by atoms with van der Waals surface area (Å²) >= 11 is 0. The molecule has 1 aliphatic heterocycles. The number of hydrogen-bond donors (Lipinski definition) is 2. The summed E-state index contributed by atoms with van der Waals surface area (Å²) in [5, 5.41) is 5.60. The molecule has 0 spiro atoms. The van der Waals surface area contributed by atoms with Gasteiger partial charge in [-0.1, -0.05) is 32.0 Å². The van der Waals surface area contributed by atoms with Crippen molar-refractivity contribution in [2.24, 2.45) is 5.92 Å². The van der Waals surface area contributed by atoms with Crippen molar-refractivity contribution in [1.82, 2.24) is 5.32 Å². The molecule has 0 aromatic heterocycles. The minimum atomic E-state index is -0.252. The summed E-state index contributed by atoms with van der Waals surface area (Å²) in [5.74, 6) is -0.0312. The van der Waals surface area contributed by atoms with Crippen molar-refractivity contribution < 1.29 is 9.59 Å². The van der Waals surface area contributed by atoms with Crippen molar-refractivity contribution in [3.63, 3.8) is 0 Å². The Balaban J connectivity index is 2.09. The van der Waals surface area contributed by atoms with Gasteiger partial charge in [0.2, 0.25) is 11.8 Å². The minimum absolute atomic E-state index is 0.0488. The smallest absolute Gasteiger partial charge is 0.229 e. The van der Waals surface area contributed by atoms with Crippen molar-refractivity contribution in [1.29, 1.82) is 0 Å². The Kier molecular flexibility index (Phi) is 3.65. The second-order valence-electron chi connectivity index (χ2n) is 4.94. The van der Waals surface area contributed by atoms with Gasteiger partial charge in [-0.2, -0.15) is 0 Å². The highest BCUT2D eigenvalue weighted by atomic mass is 16.2. The summed E-state index contributed by atoms with van der Waals surface area (Å²) in [6.45, 7) is 4.62. The predicted molar refractivity (Wildman–Crippen MR) is 70.3 cm³/mol. The largest absolute Gasteiger partial charge is 0.355 e. The highest BCUT2D eigenvalue weighted by Gasteiger charge is 2.28. The third-order valence-electron chi connectivity index (χ3n) is 3.19. The molecule has 18 heavy (non-hydrogen) atoms. The molecule has 1 saturated heterocycles. The molecule has 1 aliphatic rings. The third-order valence-corrected chi connectivity index (χ3v) is 3.19. The maximum Gasteiger partial charge on any atom is 0.229 e. The molecule has 4 heteroatoms. The van der Waals surface area contributed by atoms with Gasteiger partial charge in [0.15, 0.2) is 0 Å². The van der Waals surface area contributed by atoms with E-state index in [1.54, 1.807) is 0 Å². The monoisotopic (exact) mass is 246 g/mol. The lowest BCUT2D eigenvalue weighted by Crippen LogP contribution is -2.25. The SMILES string of the molecule is CC(C)c1ccccc1NC(=O)C1CNC(=O)C1. The van der Waals surface area contributed by atoms with E-state index in [1.807, 2.05) is 24.3 Å². The molecule has 1 aromatic carbocycles. The van der Waals surface area contributed by atoms with Gasteiger partial charge in [-0.25, -0.2) is 0 Å². The van der Waals surface area contributed by atoms with Crippen LogP contribution in [0.15, 0.2) is 24.3 Å².